The van der Waals surface area contributed by atoms with Crippen molar-refractivity contribution >= 4 is 0 Å². The van der Waals surface area contributed by atoms with Gasteiger partial charge in [0.1, 0.15) is 0 Å². The van der Waals surface area contributed by atoms with E-state index in [1.165, 1.54) is 41.5 Å². The van der Waals surface area contributed by atoms with Crippen molar-refractivity contribution in [3.63, 3.8) is 0 Å². The van der Waals surface area contributed by atoms with Crippen LogP contribution in [0.5, 0.6) is 0 Å². The monoisotopic (exact) mass is 337 g/mol. The molecule has 0 radical (unpaired) electrons. The van der Waals surface area contributed by atoms with Crippen LogP contribution < -0.4 is 0 Å². The number of hydrogen-bond donors (Lipinski definition) is 0. The van der Waals surface area contributed by atoms with Gasteiger partial charge in [-0.15, -0.1) is 0 Å². The van der Waals surface area contributed by atoms with Crippen LogP contribution in [0.1, 0.15) is 68.8 Å². The van der Waals surface area contributed by atoms with E-state index in [-0.39, 0.29) is 0 Å². The van der Waals surface area contributed by atoms with E-state index in [4.69, 9.17) is 0 Å². The van der Waals surface area contributed by atoms with E-state index in [0.717, 1.165) is 13.1 Å². The highest BCUT2D eigenvalue weighted by Gasteiger charge is 2.22. The number of aryl methyl sites for hydroxylation is 2. The summed E-state index contributed by atoms with van der Waals surface area (Å²) in [6.45, 7) is 13.6. The maximum absolute atomic E-state index is 2.66. The van der Waals surface area contributed by atoms with Crippen LogP contribution in [0.4, 0.5) is 0 Å². The van der Waals surface area contributed by atoms with E-state index in [1.54, 1.807) is 0 Å². The van der Waals surface area contributed by atoms with Crippen molar-refractivity contribution in [2.45, 2.75) is 59.9 Å². The second-order valence-electron chi connectivity index (χ2n) is 7.69. The lowest BCUT2D eigenvalue weighted by Gasteiger charge is -2.34. The molecular formula is C24H35N. The second-order valence-corrected chi connectivity index (χ2v) is 7.69. The summed E-state index contributed by atoms with van der Waals surface area (Å²) in [5.41, 5.74) is 5.59. The van der Waals surface area contributed by atoms with Crippen molar-refractivity contribution in [2.24, 2.45) is 5.92 Å². The van der Waals surface area contributed by atoms with Gasteiger partial charge in [0.05, 0.1) is 6.04 Å². The molecule has 1 atom stereocenters. The molecule has 0 amide bonds. The summed E-state index contributed by atoms with van der Waals surface area (Å²) in [5, 5.41) is 0. The fourth-order valence-corrected chi connectivity index (χ4v) is 3.60. The summed E-state index contributed by atoms with van der Waals surface area (Å²) in [5.74, 6) is 0.666. The van der Waals surface area contributed by atoms with Crippen molar-refractivity contribution < 1.29 is 0 Å². The molecule has 0 fully saturated rings. The molecule has 0 N–H and O–H groups in total. The predicted molar refractivity (Wildman–Crippen MR) is 110 cm³/mol. The average molecular weight is 338 g/mol. The quantitative estimate of drug-likeness (QED) is 0.511. The van der Waals surface area contributed by atoms with Crippen LogP contribution in [0.3, 0.4) is 0 Å². The van der Waals surface area contributed by atoms with Crippen LogP contribution in [-0.2, 0) is 6.42 Å². The Balaban J connectivity index is 2.40. The van der Waals surface area contributed by atoms with Gasteiger partial charge in [-0.2, -0.15) is 0 Å². The fraction of sp³-hybridized carbons (Fsp3) is 0.500. The third-order valence-electron chi connectivity index (χ3n) is 4.70. The Kier molecular flexibility index (Phi) is 7.71. The third kappa shape index (κ3) is 5.71. The first-order valence-corrected chi connectivity index (χ1v) is 9.94. The summed E-state index contributed by atoms with van der Waals surface area (Å²) >= 11 is 0. The summed E-state index contributed by atoms with van der Waals surface area (Å²) in [6, 6.07) is 18.8. The van der Waals surface area contributed by atoms with E-state index in [9.17, 15) is 0 Å². The Morgan fingerprint density at radius 2 is 1.36 bits per heavy atom. The standard InChI is InChI=1S/C24H35N/c1-6-8-21-11-15-23(16-12-21)24(22-13-9-20(5)10-14-22)25(17-7-2)18-19(3)4/h9-16,19,24H,6-8,17-18H2,1-5H3. The Hall–Kier alpha value is -1.60. The highest BCUT2D eigenvalue weighted by molar-refractivity contribution is 5.35. The molecule has 2 aromatic rings. The number of nitrogens with zero attached hydrogens (tertiary/aromatic N) is 1. The normalized spacial score (nSPS) is 12.8. The van der Waals surface area contributed by atoms with Gasteiger partial charge in [0.25, 0.3) is 0 Å². The Labute approximate surface area is 155 Å². The zero-order chi connectivity index (χ0) is 18.2. The molecule has 25 heavy (non-hydrogen) atoms. The van der Waals surface area contributed by atoms with Gasteiger partial charge in [-0.25, -0.2) is 0 Å². The van der Waals surface area contributed by atoms with Crippen LogP contribution in [-0.4, -0.2) is 18.0 Å². The minimum Gasteiger partial charge on any atom is -0.292 e. The SMILES string of the molecule is CCCc1ccc(C(c2ccc(C)cc2)N(CCC)CC(C)C)cc1. The zero-order valence-electron chi connectivity index (χ0n) is 16.8. The van der Waals surface area contributed by atoms with Gasteiger partial charge in [0, 0.05) is 6.54 Å². The molecule has 0 spiro atoms. The minimum atomic E-state index is 0.346. The highest BCUT2D eigenvalue weighted by atomic mass is 15.2. The van der Waals surface area contributed by atoms with Crippen LogP contribution in [0.25, 0.3) is 0 Å². The lowest BCUT2D eigenvalue weighted by molar-refractivity contribution is 0.201. The van der Waals surface area contributed by atoms with Crippen LogP contribution in [0, 0.1) is 12.8 Å². The van der Waals surface area contributed by atoms with E-state index >= 15 is 0 Å². The summed E-state index contributed by atoms with van der Waals surface area (Å²) in [7, 11) is 0. The lowest BCUT2D eigenvalue weighted by atomic mass is 9.94. The molecule has 2 rings (SSSR count). The van der Waals surface area contributed by atoms with Crippen LogP contribution >= 0.6 is 0 Å². The van der Waals surface area contributed by atoms with Crippen LogP contribution in [0.15, 0.2) is 48.5 Å². The largest absolute Gasteiger partial charge is 0.292 e. The van der Waals surface area contributed by atoms with Crippen molar-refractivity contribution in [1.29, 1.82) is 0 Å². The molecule has 0 saturated heterocycles. The Morgan fingerprint density at radius 3 is 1.84 bits per heavy atom. The van der Waals surface area contributed by atoms with Crippen molar-refractivity contribution in [2.75, 3.05) is 13.1 Å². The minimum absolute atomic E-state index is 0.346. The molecule has 2 aromatic carbocycles. The second kappa shape index (κ2) is 9.77. The molecule has 1 heteroatoms. The molecule has 136 valence electrons. The molecule has 0 aliphatic rings. The fourth-order valence-electron chi connectivity index (χ4n) is 3.60. The maximum atomic E-state index is 2.66. The molecule has 0 heterocycles. The van der Waals surface area contributed by atoms with E-state index in [0.29, 0.717) is 12.0 Å². The average Bonchev–Trinajstić information content (AvgIpc) is 2.58. The summed E-state index contributed by atoms with van der Waals surface area (Å²) in [4.78, 5) is 2.66. The van der Waals surface area contributed by atoms with Crippen molar-refractivity contribution in [1.82, 2.24) is 4.90 Å². The van der Waals surface area contributed by atoms with Gasteiger partial charge in [0.2, 0.25) is 0 Å². The van der Waals surface area contributed by atoms with Gasteiger partial charge in [-0.3, -0.25) is 4.90 Å². The molecular weight excluding hydrogens is 302 g/mol. The van der Waals surface area contributed by atoms with E-state index in [2.05, 4.69) is 88.0 Å². The molecule has 1 nitrogen and oxygen atoms in total. The smallest absolute Gasteiger partial charge is 0.0601 e. The van der Waals surface area contributed by atoms with Gasteiger partial charge in [-0.05, 0) is 48.9 Å². The summed E-state index contributed by atoms with van der Waals surface area (Å²) in [6.07, 6.45) is 3.55. The maximum Gasteiger partial charge on any atom is 0.0601 e. The van der Waals surface area contributed by atoms with Gasteiger partial charge in [0.15, 0.2) is 0 Å². The first-order valence-electron chi connectivity index (χ1n) is 9.94. The topological polar surface area (TPSA) is 3.24 Å². The summed E-state index contributed by atoms with van der Waals surface area (Å²) < 4.78 is 0. The first kappa shape index (κ1) is 19.7. The Morgan fingerprint density at radius 1 is 0.800 bits per heavy atom. The van der Waals surface area contributed by atoms with Crippen molar-refractivity contribution in [3.05, 3.63) is 70.8 Å². The number of hydrogen-bond acceptors (Lipinski definition) is 1. The molecule has 0 saturated carbocycles. The zero-order valence-corrected chi connectivity index (χ0v) is 16.8. The molecule has 0 aliphatic carbocycles. The number of benzene rings is 2. The number of rotatable bonds is 9. The third-order valence-corrected chi connectivity index (χ3v) is 4.70. The predicted octanol–water partition coefficient (Wildman–Crippen LogP) is 6.40. The van der Waals surface area contributed by atoms with Gasteiger partial charge < -0.3 is 0 Å². The molecule has 0 aliphatic heterocycles. The molecule has 0 aromatic heterocycles. The molecule has 1 unspecified atom stereocenters. The van der Waals surface area contributed by atoms with Crippen molar-refractivity contribution in [3.8, 4) is 0 Å². The molecule has 0 bridgehead atoms. The van der Waals surface area contributed by atoms with Crippen LogP contribution in [0.2, 0.25) is 0 Å². The van der Waals surface area contributed by atoms with Gasteiger partial charge >= 0.3 is 0 Å². The lowest BCUT2D eigenvalue weighted by Crippen LogP contribution is -2.33. The highest BCUT2D eigenvalue weighted by Crippen LogP contribution is 2.30. The van der Waals surface area contributed by atoms with E-state index in [1.807, 2.05) is 0 Å². The van der Waals surface area contributed by atoms with E-state index < -0.39 is 0 Å². The van der Waals surface area contributed by atoms with Gasteiger partial charge in [-0.1, -0.05) is 88.2 Å². The first-order chi connectivity index (χ1) is 12.0. The Bertz CT molecular complexity index is 610.